The van der Waals surface area contributed by atoms with Crippen molar-refractivity contribution in [3.63, 3.8) is 0 Å². The zero-order valence-corrected chi connectivity index (χ0v) is 10.2. The van der Waals surface area contributed by atoms with Crippen LogP contribution in [0.25, 0.3) is 10.9 Å². The highest BCUT2D eigenvalue weighted by Gasteiger charge is 2.12. The molecule has 4 nitrogen and oxygen atoms in total. The second-order valence-electron chi connectivity index (χ2n) is 4.07. The summed E-state index contributed by atoms with van der Waals surface area (Å²) >= 11 is 0. The van der Waals surface area contributed by atoms with E-state index in [1.54, 1.807) is 13.0 Å². The first-order valence-corrected chi connectivity index (χ1v) is 5.43. The summed E-state index contributed by atoms with van der Waals surface area (Å²) in [6.45, 7) is 1.80. The number of rotatable bonds is 3. The highest BCUT2D eigenvalue weighted by molar-refractivity contribution is 5.91. The van der Waals surface area contributed by atoms with Gasteiger partial charge in [-0.15, -0.1) is 0 Å². The normalized spacial score (nSPS) is 10.6. The van der Waals surface area contributed by atoms with Crippen LogP contribution in [0.2, 0.25) is 0 Å². The molecule has 0 bridgehead atoms. The molecular formula is C13H13FN2O2. The Morgan fingerprint density at radius 1 is 1.44 bits per heavy atom. The molecule has 0 radical (unpaired) electrons. The molecular weight excluding hydrogens is 235 g/mol. The van der Waals surface area contributed by atoms with E-state index in [-0.39, 0.29) is 6.42 Å². The van der Waals surface area contributed by atoms with Crippen molar-refractivity contribution in [2.24, 2.45) is 5.73 Å². The Hall–Kier alpha value is -2.17. The van der Waals surface area contributed by atoms with Crippen molar-refractivity contribution in [2.45, 2.75) is 13.3 Å². The molecule has 1 aromatic carbocycles. The number of methoxy groups -OCH3 is 1. The molecule has 0 saturated heterocycles. The SMILES string of the molecule is COc1cc(C)nc2c(CC(N)=O)cc(F)cc12. The number of aryl methyl sites for hydroxylation is 1. The number of hydrogen-bond acceptors (Lipinski definition) is 3. The molecule has 1 heterocycles. The van der Waals surface area contributed by atoms with Crippen molar-refractivity contribution in [3.05, 3.63) is 35.3 Å². The summed E-state index contributed by atoms with van der Waals surface area (Å²) in [4.78, 5) is 15.3. The van der Waals surface area contributed by atoms with Crippen LogP contribution < -0.4 is 10.5 Å². The Labute approximate surface area is 104 Å². The zero-order chi connectivity index (χ0) is 13.3. The molecule has 1 aromatic heterocycles. The van der Waals surface area contributed by atoms with Crippen LogP contribution >= 0.6 is 0 Å². The topological polar surface area (TPSA) is 65.2 Å². The van der Waals surface area contributed by atoms with Crippen LogP contribution in [0.4, 0.5) is 4.39 Å². The number of ether oxygens (including phenoxy) is 1. The van der Waals surface area contributed by atoms with Crippen molar-refractivity contribution >= 4 is 16.8 Å². The molecule has 0 atom stereocenters. The quantitative estimate of drug-likeness (QED) is 0.899. The fourth-order valence-corrected chi connectivity index (χ4v) is 1.94. The van der Waals surface area contributed by atoms with Gasteiger partial charge >= 0.3 is 0 Å². The van der Waals surface area contributed by atoms with Gasteiger partial charge in [-0.3, -0.25) is 9.78 Å². The maximum atomic E-state index is 13.5. The van der Waals surface area contributed by atoms with E-state index in [4.69, 9.17) is 10.5 Å². The molecule has 0 fully saturated rings. The Morgan fingerprint density at radius 3 is 2.78 bits per heavy atom. The van der Waals surface area contributed by atoms with Gasteiger partial charge in [-0.2, -0.15) is 0 Å². The lowest BCUT2D eigenvalue weighted by molar-refractivity contribution is -0.117. The van der Waals surface area contributed by atoms with E-state index < -0.39 is 11.7 Å². The largest absolute Gasteiger partial charge is 0.496 e. The van der Waals surface area contributed by atoms with E-state index in [1.807, 2.05) is 0 Å². The van der Waals surface area contributed by atoms with Crippen molar-refractivity contribution in [1.29, 1.82) is 0 Å². The van der Waals surface area contributed by atoms with Crippen LogP contribution in [0.5, 0.6) is 5.75 Å². The van der Waals surface area contributed by atoms with Gasteiger partial charge in [-0.25, -0.2) is 4.39 Å². The van der Waals surface area contributed by atoms with Gasteiger partial charge in [0, 0.05) is 17.1 Å². The first-order valence-electron chi connectivity index (χ1n) is 5.43. The number of aromatic nitrogens is 1. The van der Waals surface area contributed by atoms with E-state index in [9.17, 15) is 9.18 Å². The summed E-state index contributed by atoms with van der Waals surface area (Å²) in [6, 6.07) is 4.33. The van der Waals surface area contributed by atoms with Crippen LogP contribution in [-0.4, -0.2) is 18.0 Å². The molecule has 94 valence electrons. The Bertz CT molecular complexity index is 626. The number of nitrogens with zero attached hydrogens (tertiary/aromatic N) is 1. The Kier molecular flexibility index (Phi) is 3.14. The van der Waals surface area contributed by atoms with Crippen LogP contribution in [-0.2, 0) is 11.2 Å². The average Bonchev–Trinajstić information content (AvgIpc) is 2.28. The molecule has 2 aromatic rings. The molecule has 5 heteroatoms. The summed E-state index contributed by atoms with van der Waals surface area (Å²) < 4.78 is 18.7. The second-order valence-corrected chi connectivity index (χ2v) is 4.07. The minimum Gasteiger partial charge on any atom is -0.496 e. The summed E-state index contributed by atoms with van der Waals surface area (Å²) in [5.41, 5.74) is 6.91. The molecule has 0 spiro atoms. The lowest BCUT2D eigenvalue weighted by Crippen LogP contribution is -2.14. The number of benzene rings is 1. The van der Waals surface area contributed by atoms with E-state index in [1.165, 1.54) is 19.2 Å². The summed E-state index contributed by atoms with van der Waals surface area (Å²) in [5.74, 6) is -0.436. The molecule has 0 unspecified atom stereocenters. The van der Waals surface area contributed by atoms with Gasteiger partial charge in [0.2, 0.25) is 5.91 Å². The number of primary amides is 1. The van der Waals surface area contributed by atoms with Crippen LogP contribution in [0.15, 0.2) is 18.2 Å². The molecule has 0 saturated carbocycles. The predicted octanol–water partition coefficient (Wildman–Crippen LogP) is 1.72. The van der Waals surface area contributed by atoms with Gasteiger partial charge in [0.15, 0.2) is 0 Å². The number of fused-ring (bicyclic) bond motifs is 1. The van der Waals surface area contributed by atoms with E-state index >= 15 is 0 Å². The number of halogens is 1. The maximum Gasteiger partial charge on any atom is 0.221 e. The number of carbonyl (C=O) groups excluding carboxylic acids is 1. The molecule has 0 aliphatic carbocycles. The number of nitrogens with two attached hydrogens (primary N) is 1. The van der Waals surface area contributed by atoms with Crippen molar-refractivity contribution in [2.75, 3.05) is 7.11 Å². The molecule has 0 aliphatic heterocycles. The Morgan fingerprint density at radius 2 is 2.17 bits per heavy atom. The molecule has 2 rings (SSSR count). The number of hydrogen-bond donors (Lipinski definition) is 1. The summed E-state index contributed by atoms with van der Waals surface area (Å²) in [7, 11) is 1.51. The summed E-state index contributed by atoms with van der Waals surface area (Å²) in [5, 5.41) is 0.541. The van der Waals surface area contributed by atoms with Gasteiger partial charge in [-0.05, 0) is 24.6 Å². The highest BCUT2D eigenvalue weighted by atomic mass is 19.1. The van der Waals surface area contributed by atoms with Crippen molar-refractivity contribution < 1.29 is 13.9 Å². The van der Waals surface area contributed by atoms with E-state index in [0.717, 1.165) is 5.69 Å². The van der Waals surface area contributed by atoms with E-state index in [0.29, 0.717) is 22.2 Å². The first-order chi connectivity index (χ1) is 8.51. The zero-order valence-electron chi connectivity index (χ0n) is 10.2. The molecule has 1 amide bonds. The second kappa shape index (κ2) is 4.60. The molecule has 18 heavy (non-hydrogen) atoms. The van der Waals surface area contributed by atoms with Gasteiger partial charge < -0.3 is 10.5 Å². The lowest BCUT2D eigenvalue weighted by atomic mass is 10.0. The highest BCUT2D eigenvalue weighted by Crippen LogP contribution is 2.28. The third-order valence-corrected chi connectivity index (χ3v) is 2.63. The van der Waals surface area contributed by atoms with Crippen LogP contribution in [0.3, 0.4) is 0 Å². The van der Waals surface area contributed by atoms with Crippen LogP contribution in [0, 0.1) is 12.7 Å². The fourth-order valence-electron chi connectivity index (χ4n) is 1.94. The lowest BCUT2D eigenvalue weighted by Gasteiger charge is -2.10. The number of carbonyl (C=O) groups is 1. The predicted molar refractivity (Wildman–Crippen MR) is 65.9 cm³/mol. The van der Waals surface area contributed by atoms with Gasteiger partial charge in [0.25, 0.3) is 0 Å². The third-order valence-electron chi connectivity index (χ3n) is 2.63. The van der Waals surface area contributed by atoms with E-state index in [2.05, 4.69) is 4.98 Å². The minimum absolute atomic E-state index is 0.0478. The van der Waals surface area contributed by atoms with Crippen molar-refractivity contribution in [1.82, 2.24) is 4.98 Å². The maximum absolute atomic E-state index is 13.5. The minimum atomic E-state index is -0.524. The fraction of sp³-hybridized carbons (Fsp3) is 0.231. The first kappa shape index (κ1) is 12.3. The average molecular weight is 248 g/mol. The Balaban J connectivity index is 2.77. The summed E-state index contributed by atoms with van der Waals surface area (Å²) in [6.07, 6.45) is -0.0478. The van der Waals surface area contributed by atoms with Gasteiger partial charge in [-0.1, -0.05) is 0 Å². The third kappa shape index (κ3) is 2.25. The number of amides is 1. The van der Waals surface area contributed by atoms with Gasteiger partial charge in [0.05, 0.1) is 19.0 Å². The molecule has 0 aliphatic rings. The van der Waals surface area contributed by atoms with Gasteiger partial charge in [0.1, 0.15) is 11.6 Å². The molecule has 2 N–H and O–H groups in total. The monoisotopic (exact) mass is 248 g/mol. The van der Waals surface area contributed by atoms with Crippen molar-refractivity contribution in [3.8, 4) is 5.75 Å². The standard InChI is InChI=1S/C13H13FN2O2/c1-7-3-11(18-2)10-6-9(14)4-8(5-12(15)17)13(10)16-7/h3-4,6H,5H2,1-2H3,(H2,15,17). The smallest absolute Gasteiger partial charge is 0.221 e. The van der Waals surface area contributed by atoms with Crippen LogP contribution in [0.1, 0.15) is 11.3 Å². The number of pyridine rings is 1.